The number of anilines is 1. The van der Waals surface area contributed by atoms with E-state index in [4.69, 9.17) is 0 Å². The average molecular weight is 479 g/mol. The van der Waals surface area contributed by atoms with Gasteiger partial charge in [0, 0.05) is 12.2 Å². The third-order valence-corrected chi connectivity index (χ3v) is 8.69. The van der Waals surface area contributed by atoms with Crippen molar-refractivity contribution in [3.05, 3.63) is 82.3 Å². The predicted octanol–water partition coefficient (Wildman–Crippen LogP) is 4.78. The van der Waals surface area contributed by atoms with Gasteiger partial charge in [-0.3, -0.25) is 4.79 Å². The highest BCUT2D eigenvalue weighted by Crippen LogP contribution is 2.38. The first-order valence-corrected chi connectivity index (χ1v) is 12.9. The molecule has 7 nitrogen and oxygen atoms in total. The van der Waals surface area contributed by atoms with E-state index in [1.165, 1.54) is 4.31 Å². The SMILES string of the molecule is Cc1ccc(NC(=O)c2nnc([C@H]3CCCN3S(=O)(=O)c3ccc4ccccc4c3)s2)cc1. The van der Waals surface area contributed by atoms with Crippen molar-refractivity contribution in [2.45, 2.75) is 30.7 Å². The lowest BCUT2D eigenvalue weighted by atomic mass is 10.1. The van der Waals surface area contributed by atoms with Gasteiger partial charge in [-0.15, -0.1) is 10.2 Å². The topological polar surface area (TPSA) is 92.3 Å². The molecule has 1 aromatic heterocycles. The molecule has 0 unspecified atom stereocenters. The summed E-state index contributed by atoms with van der Waals surface area (Å²) in [6.45, 7) is 2.38. The molecule has 9 heteroatoms. The lowest BCUT2D eigenvalue weighted by molar-refractivity contribution is 0.102. The van der Waals surface area contributed by atoms with Crippen LogP contribution in [-0.4, -0.2) is 35.4 Å². The van der Waals surface area contributed by atoms with Crippen molar-refractivity contribution >= 4 is 43.7 Å². The molecule has 1 saturated heterocycles. The summed E-state index contributed by atoms with van der Waals surface area (Å²) < 4.78 is 28.4. The van der Waals surface area contributed by atoms with Gasteiger partial charge < -0.3 is 5.32 Å². The second-order valence-electron chi connectivity index (χ2n) is 8.05. The number of benzene rings is 3. The van der Waals surface area contributed by atoms with Crippen LogP contribution in [0.4, 0.5) is 5.69 Å². The molecule has 3 aromatic carbocycles. The first-order chi connectivity index (χ1) is 15.9. The minimum Gasteiger partial charge on any atom is -0.320 e. The van der Waals surface area contributed by atoms with E-state index >= 15 is 0 Å². The van der Waals surface area contributed by atoms with Crippen molar-refractivity contribution in [3.63, 3.8) is 0 Å². The Morgan fingerprint density at radius 3 is 2.58 bits per heavy atom. The number of amides is 1. The van der Waals surface area contributed by atoms with E-state index in [0.717, 1.165) is 34.1 Å². The van der Waals surface area contributed by atoms with Crippen molar-refractivity contribution in [1.29, 1.82) is 0 Å². The summed E-state index contributed by atoms with van der Waals surface area (Å²) in [5.74, 6) is -0.357. The maximum atomic E-state index is 13.5. The molecule has 0 radical (unpaired) electrons. The summed E-state index contributed by atoms with van der Waals surface area (Å²) in [4.78, 5) is 12.9. The molecule has 168 valence electrons. The third kappa shape index (κ3) is 4.27. The van der Waals surface area contributed by atoms with Gasteiger partial charge in [0.25, 0.3) is 5.91 Å². The molecule has 4 aromatic rings. The molecular formula is C24H22N4O3S2. The van der Waals surface area contributed by atoms with Gasteiger partial charge in [0.2, 0.25) is 15.0 Å². The summed E-state index contributed by atoms with van der Waals surface area (Å²) >= 11 is 1.14. The van der Waals surface area contributed by atoms with Crippen LogP contribution in [-0.2, 0) is 10.0 Å². The second kappa shape index (κ2) is 8.66. The predicted molar refractivity (Wildman–Crippen MR) is 129 cm³/mol. The molecule has 1 N–H and O–H groups in total. The average Bonchev–Trinajstić information content (AvgIpc) is 3.50. The van der Waals surface area contributed by atoms with Gasteiger partial charge in [0.05, 0.1) is 10.9 Å². The molecule has 1 atom stereocenters. The Bertz CT molecular complexity index is 1430. The Balaban J connectivity index is 1.38. The van der Waals surface area contributed by atoms with Gasteiger partial charge in [-0.2, -0.15) is 4.31 Å². The van der Waals surface area contributed by atoms with Gasteiger partial charge in [-0.1, -0.05) is 59.4 Å². The standard InChI is InChI=1S/C24H22N4O3S2/c1-16-8-11-19(12-9-16)25-22(29)24-27-26-23(32-24)21-7-4-14-28(21)33(30,31)20-13-10-17-5-2-3-6-18(17)15-20/h2-3,5-6,8-13,15,21H,4,7,14H2,1H3,(H,25,29)/t21-/m1/s1. The number of aromatic nitrogens is 2. The van der Waals surface area contributed by atoms with Crippen LogP contribution in [0.25, 0.3) is 10.8 Å². The number of fused-ring (bicyclic) bond motifs is 1. The summed E-state index contributed by atoms with van der Waals surface area (Å²) in [5, 5.41) is 13.6. The van der Waals surface area contributed by atoms with Crippen LogP contribution in [0.5, 0.6) is 0 Å². The van der Waals surface area contributed by atoms with Gasteiger partial charge in [-0.25, -0.2) is 8.42 Å². The maximum Gasteiger partial charge on any atom is 0.286 e. The van der Waals surface area contributed by atoms with E-state index in [1.54, 1.807) is 12.1 Å². The Labute approximate surface area is 196 Å². The highest BCUT2D eigenvalue weighted by Gasteiger charge is 2.38. The number of carbonyl (C=O) groups is 1. The van der Waals surface area contributed by atoms with E-state index in [-0.39, 0.29) is 15.8 Å². The molecule has 2 heterocycles. The summed E-state index contributed by atoms with van der Waals surface area (Å²) in [6.07, 6.45) is 1.36. The molecule has 1 aliphatic rings. The number of hydrogen-bond acceptors (Lipinski definition) is 6. The maximum absolute atomic E-state index is 13.5. The second-order valence-corrected chi connectivity index (χ2v) is 10.9. The first-order valence-electron chi connectivity index (χ1n) is 10.6. The van der Waals surface area contributed by atoms with Gasteiger partial charge in [0.15, 0.2) is 0 Å². The molecule has 0 bridgehead atoms. The van der Waals surface area contributed by atoms with E-state index in [0.29, 0.717) is 23.7 Å². The van der Waals surface area contributed by atoms with E-state index in [1.807, 2.05) is 61.5 Å². The molecule has 0 spiro atoms. The van der Waals surface area contributed by atoms with Gasteiger partial charge >= 0.3 is 0 Å². The van der Waals surface area contributed by atoms with E-state index in [9.17, 15) is 13.2 Å². The Morgan fingerprint density at radius 1 is 1.03 bits per heavy atom. The molecule has 1 fully saturated rings. The third-order valence-electron chi connectivity index (χ3n) is 5.76. The lowest BCUT2D eigenvalue weighted by Crippen LogP contribution is -2.30. The number of sulfonamides is 1. The van der Waals surface area contributed by atoms with Crippen LogP contribution in [0, 0.1) is 6.92 Å². The number of carbonyl (C=O) groups excluding carboxylic acids is 1. The molecular weight excluding hydrogens is 456 g/mol. The number of nitrogens with one attached hydrogen (secondary N) is 1. The normalized spacial score (nSPS) is 16.8. The number of nitrogens with zero attached hydrogens (tertiary/aromatic N) is 3. The van der Waals surface area contributed by atoms with Crippen LogP contribution in [0.15, 0.2) is 71.6 Å². The largest absolute Gasteiger partial charge is 0.320 e. The summed E-state index contributed by atoms with van der Waals surface area (Å²) in [7, 11) is -3.72. The molecule has 0 saturated carbocycles. The van der Waals surface area contributed by atoms with Gasteiger partial charge in [0.1, 0.15) is 5.01 Å². The van der Waals surface area contributed by atoms with Crippen LogP contribution in [0.3, 0.4) is 0 Å². The van der Waals surface area contributed by atoms with E-state index < -0.39 is 16.1 Å². The Morgan fingerprint density at radius 2 is 1.79 bits per heavy atom. The highest BCUT2D eigenvalue weighted by molar-refractivity contribution is 7.89. The van der Waals surface area contributed by atoms with Crippen molar-refractivity contribution in [3.8, 4) is 0 Å². The monoisotopic (exact) mass is 478 g/mol. The smallest absolute Gasteiger partial charge is 0.286 e. The molecule has 5 rings (SSSR count). The molecule has 0 aliphatic carbocycles. The van der Waals surface area contributed by atoms with Crippen molar-refractivity contribution in [2.24, 2.45) is 0 Å². The summed E-state index contributed by atoms with van der Waals surface area (Å²) in [6, 6.07) is 19.9. The first kappa shape index (κ1) is 21.7. The molecule has 33 heavy (non-hydrogen) atoms. The minimum atomic E-state index is -3.72. The quantitative estimate of drug-likeness (QED) is 0.446. The van der Waals surface area contributed by atoms with Gasteiger partial charge in [-0.05, 0) is 54.8 Å². The molecule has 1 amide bonds. The van der Waals surface area contributed by atoms with Crippen LogP contribution < -0.4 is 5.32 Å². The number of hydrogen-bond donors (Lipinski definition) is 1. The molecule has 1 aliphatic heterocycles. The fraction of sp³-hybridized carbons (Fsp3) is 0.208. The van der Waals surface area contributed by atoms with E-state index in [2.05, 4.69) is 15.5 Å². The fourth-order valence-electron chi connectivity index (χ4n) is 4.02. The van der Waals surface area contributed by atoms with Crippen molar-refractivity contribution < 1.29 is 13.2 Å². The Kier molecular flexibility index (Phi) is 5.69. The lowest BCUT2D eigenvalue weighted by Gasteiger charge is -2.22. The zero-order chi connectivity index (χ0) is 23.0. The highest BCUT2D eigenvalue weighted by atomic mass is 32.2. The minimum absolute atomic E-state index is 0.209. The zero-order valence-corrected chi connectivity index (χ0v) is 19.6. The Hall–Kier alpha value is -3.14. The van der Waals surface area contributed by atoms with Crippen LogP contribution in [0.1, 0.15) is 39.3 Å². The van der Waals surface area contributed by atoms with Crippen molar-refractivity contribution in [1.82, 2.24) is 14.5 Å². The summed E-state index contributed by atoms with van der Waals surface area (Å²) in [5.41, 5.74) is 1.77. The zero-order valence-electron chi connectivity index (χ0n) is 17.9. The van der Waals surface area contributed by atoms with Crippen LogP contribution in [0.2, 0.25) is 0 Å². The fourth-order valence-corrected chi connectivity index (χ4v) is 6.67. The number of aryl methyl sites for hydroxylation is 1. The van der Waals surface area contributed by atoms with Crippen molar-refractivity contribution in [2.75, 3.05) is 11.9 Å². The van der Waals surface area contributed by atoms with Crippen LogP contribution >= 0.6 is 11.3 Å². The number of rotatable bonds is 5.